The van der Waals surface area contributed by atoms with Crippen LogP contribution in [0.4, 0.5) is 0 Å². The van der Waals surface area contributed by atoms with Gasteiger partial charge in [-0.25, -0.2) is 9.59 Å². The Morgan fingerprint density at radius 1 is 1.00 bits per heavy atom. The molecule has 0 atom stereocenters. The number of aromatic amines is 2. The molecule has 168 valence electrons. The topological polar surface area (TPSA) is 154 Å². The molecule has 0 aliphatic rings. The van der Waals surface area contributed by atoms with Crippen molar-refractivity contribution < 1.29 is 19.2 Å². The zero-order valence-electron chi connectivity index (χ0n) is 17.5. The number of pyridine rings is 1. The number of fused-ring (bicyclic) bond motifs is 1. The van der Waals surface area contributed by atoms with Crippen molar-refractivity contribution >= 4 is 22.8 Å². The minimum absolute atomic E-state index is 0.170. The van der Waals surface area contributed by atoms with Gasteiger partial charge in [0, 0.05) is 23.6 Å². The first-order valence-corrected chi connectivity index (χ1v) is 10.2. The highest BCUT2D eigenvalue weighted by molar-refractivity contribution is 5.94. The molecule has 5 aromatic rings. The van der Waals surface area contributed by atoms with Crippen LogP contribution in [0.1, 0.15) is 26.4 Å². The van der Waals surface area contributed by atoms with E-state index in [0.717, 1.165) is 27.6 Å². The molecule has 10 heteroatoms. The van der Waals surface area contributed by atoms with Gasteiger partial charge >= 0.3 is 11.7 Å². The number of amides is 1. The van der Waals surface area contributed by atoms with E-state index in [1.807, 2.05) is 30.3 Å². The summed E-state index contributed by atoms with van der Waals surface area (Å²) in [5.74, 6) is -1.18. The molecule has 3 aromatic heterocycles. The highest BCUT2D eigenvalue weighted by Crippen LogP contribution is 2.27. The summed E-state index contributed by atoms with van der Waals surface area (Å²) in [6.45, 7) is 0.242. The quantitative estimate of drug-likeness (QED) is 0.306. The number of carboxylic acids is 1. The standard InChI is InChI=1S/C24H17N5O5/c30-21(26-12-13-1-3-14(4-2-13)23(31)32)19-10-16(7-8-25-19)15-5-6-18-17(9-15)11-20(27-18)22-28-24(33)29-34-22/h1-11,27H,12H2,(H,26,30)(H,29,33)(H,31,32). The van der Waals surface area contributed by atoms with E-state index < -0.39 is 11.7 Å². The van der Waals surface area contributed by atoms with Gasteiger partial charge in [-0.1, -0.05) is 18.2 Å². The van der Waals surface area contributed by atoms with Crippen molar-refractivity contribution in [2.75, 3.05) is 0 Å². The second kappa shape index (κ2) is 8.51. The Hall–Kier alpha value is -4.99. The van der Waals surface area contributed by atoms with Crippen LogP contribution in [-0.2, 0) is 6.54 Å². The summed E-state index contributed by atoms with van der Waals surface area (Å²) in [5, 5.41) is 14.8. The number of carboxylic acid groups (broad SMARTS) is 1. The minimum atomic E-state index is -1.00. The van der Waals surface area contributed by atoms with Crippen molar-refractivity contribution in [1.82, 2.24) is 25.4 Å². The van der Waals surface area contributed by atoms with Gasteiger partial charge in [0.2, 0.25) is 0 Å². The number of hydrogen-bond acceptors (Lipinski definition) is 6. The van der Waals surface area contributed by atoms with Gasteiger partial charge in [0.15, 0.2) is 0 Å². The molecule has 5 rings (SSSR count). The normalized spacial score (nSPS) is 10.9. The Morgan fingerprint density at radius 2 is 1.79 bits per heavy atom. The molecule has 1 amide bonds. The lowest BCUT2D eigenvalue weighted by atomic mass is 10.0. The average Bonchev–Trinajstić information content (AvgIpc) is 3.48. The monoisotopic (exact) mass is 455 g/mol. The van der Waals surface area contributed by atoms with Crippen LogP contribution in [-0.4, -0.2) is 37.1 Å². The Morgan fingerprint density at radius 3 is 2.53 bits per heavy atom. The first-order valence-electron chi connectivity index (χ1n) is 10.2. The van der Waals surface area contributed by atoms with Crippen molar-refractivity contribution in [3.63, 3.8) is 0 Å². The maximum absolute atomic E-state index is 12.6. The molecule has 2 aromatic carbocycles. The molecule has 0 spiro atoms. The van der Waals surface area contributed by atoms with Crippen LogP contribution < -0.4 is 11.0 Å². The molecule has 0 radical (unpaired) electrons. The number of benzene rings is 2. The zero-order chi connectivity index (χ0) is 23.7. The first-order chi connectivity index (χ1) is 16.5. The van der Waals surface area contributed by atoms with Gasteiger partial charge in [-0.05, 0) is 59.2 Å². The summed E-state index contributed by atoms with van der Waals surface area (Å²) in [6.07, 6.45) is 1.57. The van der Waals surface area contributed by atoms with Crippen LogP contribution >= 0.6 is 0 Å². The number of rotatable bonds is 6. The SMILES string of the molecule is O=C(O)c1ccc(CNC(=O)c2cc(-c3ccc4[nH]c(-c5nc(=O)[nH]o5)cc4c3)ccn2)cc1. The molecule has 0 aliphatic heterocycles. The van der Waals surface area contributed by atoms with E-state index in [0.29, 0.717) is 5.69 Å². The second-order valence-corrected chi connectivity index (χ2v) is 7.53. The van der Waals surface area contributed by atoms with Gasteiger partial charge in [0.25, 0.3) is 11.8 Å². The van der Waals surface area contributed by atoms with Gasteiger partial charge in [0.1, 0.15) is 11.4 Å². The molecule has 3 heterocycles. The van der Waals surface area contributed by atoms with E-state index in [1.165, 1.54) is 12.1 Å². The highest BCUT2D eigenvalue weighted by Gasteiger charge is 2.12. The third kappa shape index (κ3) is 4.19. The maximum atomic E-state index is 12.6. The Balaban J connectivity index is 1.34. The van der Waals surface area contributed by atoms with Crippen molar-refractivity contribution in [3.8, 4) is 22.7 Å². The lowest BCUT2D eigenvalue weighted by molar-refractivity contribution is 0.0696. The van der Waals surface area contributed by atoms with Crippen molar-refractivity contribution in [2.24, 2.45) is 0 Å². The van der Waals surface area contributed by atoms with E-state index in [1.54, 1.807) is 24.4 Å². The van der Waals surface area contributed by atoms with Gasteiger partial charge in [-0.2, -0.15) is 10.1 Å². The van der Waals surface area contributed by atoms with Gasteiger partial charge in [-0.3, -0.25) is 9.78 Å². The zero-order valence-corrected chi connectivity index (χ0v) is 17.5. The fourth-order valence-corrected chi connectivity index (χ4v) is 3.54. The molecule has 0 saturated carbocycles. The summed E-state index contributed by atoms with van der Waals surface area (Å²) in [5.41, 5.74) is 3.74. The molecule has 0 bridgehead atoms. The van der Waals surface area contributed by atoms with Crippen molar-refractivity contribution in [3.05, 3.63) is 94.2 Å². The molecule has 0 fully saturated rings. The molecule has 10 nitrogen and oxygen atoms in total. The van der Waals surface area contributed by atoms with Gasteiger partial charge in [-0.15, -0.1) is 0 Å². The second-order valence-electron chi connectivity index (χ2n) is 7.53. The summed E-state index contributed by atoms with van der Waals surface area (Å²) >= 11 is 0. The van der Waals surface area contributed by atoms with Crippen LogP contribution in [0.3, 0.4) is 0 Å². The first kappa shape index (κ1) is 20.9. The molecular formula is C24H17N5O5. The summed E-state index contributed by atoms with van der Waals surface area (Å²) < 4.78 is 5.05. The minimum Gasteiger partial charge on any atom is -0.478 e. The molecule has 4 N–H and O–H groups in total. The van der Waals surface area contributed by atoms with Crippen LogP contribution in [0.25, 0.3) is 33.6 Å². The number of H-pyrrole nitrogens is 2. The van der Waals surface area contributed by atoms with Crippen LogP contribution in [0, 0.1) is 0 Å². The third-order valence-corrected chi connectivity index (χ3v) is 5.27. The van der Waals surface area contributed by atoms with Crippen LogP contribution in [0.5, 0.6) is 0 Å². The highest BCUT2D eigenvalue weighted by atomic mass is 16.5. The molecule has 34 heavy (non-hydrogen) atoms. The summed E-state index contributed by atoms with van der Waals surface area (Å²) in [6, 6.07) is 17.4. The average molecular weight is 455 g/mol. The number of hydrogen-bond donors (Lipinski definition) is 4. The smallest absolute Gasteiger partial charge is 0.377 e. The number of carbonyl (C=O) groups excluding carboxylic acids is 1. The Labute approximate surface area is 191 Å². The van der Waals surface area contributed by atoms with Gasteiger partial charge in [0.05, 0.1) is 5.56 Å². The largest absolute Gasteiger partial charge is 0.478 e. The van der Waals surface area contributed by atoms with E-state index in [2.05, 4.69) is 25.4 Å². The van der Waals surface area contributed by atoms with Gasteiger partial charge < -0.3 is 19.9 Å². The van der Waals surface area contributed by atoms with E-state index in [4.69, 9.17) is 9.63 Å². The lowest BCUT2D eigenvalue weighted by Crippen LogP contribution is -2.23. The third-order valence-electron chi connectivity index (χ3n) is 5.27. The Bertz CT molecular complexity index is 1580. The van der Waals surface area contributed by atoms with Crippen LogP contribution in [0.2, 0.25) is 0 Å². The number of nitrogens with one attached hydrogen (secondary N) is 3. The van der Waals surface area contributed by atoms with E-state index >= 15 is 0 Å². The molecule has 0 unspecified atom stereocenters. The molecule has 0 saturated heterocycles. The number of aromatic carboxylic acids is 1. The van der Waals surface area contributed by atoms with Crippen molar-refractivity contribution in [2.45, 2.75) is 6.54 Å². The molecule has 0 aliphatic carbocycles. The van der Waals surface area contributed by atoms with Crippen molar-refractivity contribution in [1.29, 1.82) is 0 Å². The number of carbonyl (C=O) groups is 2. The summed E-state index contributed by atoms with van der Waals surface area (Å²) in [7, 11) is 0. The maximum Gasteiger partial charge on any atom is 0.377 e. The fourth-order valence-electron chi connectivity index (χ4n) is 3.54. The Kier molecular flexibility index (Phi) is 5.23. The molecular weight excluding hydrogens is 438 g/mol. The fraction of sp³-hybridized carbons (Fsp3) is 0.0417. The summed E-state index contributed by atoms with van der Waals surface area (Å²) in [4.78, 5) is 45.9. The predicted octanol–water partition coefficient (Wildman–Crippen LogP) is 3.20. The van der Waals surface area contributed by atoms with E-state index in [-0.39, 0.29) is 29.6 Å². The van der Waals surface area contributed by atoms with Crippen LogP contribution in [0.15, 0.2) is 76.2 Å². The van der Waals surface area contributed by atoms with E-state index in [9.17, 15) is 14.4 Å². The number of nitrogens with zero attached hydrogens (tertiary/aromatic N) is 2. The lowest BCUT2D eigenvalue weighted by Gasteiger charge is -2.07. The number of aromatic nitrogens is 4. The predicted molar refractivity (Wildman–Crippen MR) is 122 cm³/mol.